The largest absolute Gasteiger partial charge is 0.353 e. The van der Waals surface area contributed by atoms with E-state index in [4.69, 9.17) is 0 Å². The van der Waals surface area contributed by atoms with Crippen molar-refractivity contribution in [2.75, 3.05) is 24.6 Å². The van der Waals surface area contributed by atoms with Gasteiger partial charge in [-0.2, -0.15) is 11.8 Å². The van der Waals surface area contributed by atoms with Crippen molar-refractivity contribution in [3.8, 4) is 0 Å². The van der Waals surface area contributed by atoms with Crippen LogP contribution in [-0.2, 0) is 9.59 Å². The van der Waals surface area contributed by atoms with Crippen LogP contribution in [-0.4, -0.2) is 65.5 Å². The molecule has 8 heteroatoms. The molecular weight excluding hydrogens is 328 g/mol. The lowest BCUT2D eigenvalue weighted by Crippen LogP contribution is -2.48. The fourth-order valence-corrected chi connectivity index (χ4v) is 4.78. The average Bonchev–Trinajstić information content (AvgIpc) is 2.92. The first-order chi connectivity index (χ1) is 11.6. The van der Waals surface area contributed by atoms with E-state index < -0.39 is 12.1 Å². The van der Waals surface area contributed by atoms with Gasteiger partial charge >= 0.3 is 6.03 Å². The molecule has 4 amide bonds. The molecule has 0 aromatic carbocycles. The van der Waals surface area contributed by atoms with Crippen molar-refractivity contribution in [1.82, 2.24) is 20.9 Å². The SMILES string of the molecule is O=C(CC[C@@H]1NC(=O)NC1=O)NC1CCN(C2CCSCC2)CC1. The zero-order valence-corrected chi connectivity index (χ0v) is 14.7. The summed E-state index contributed by atoms with van der Waals surface area (Å²) in [6.45, 7) is 2.11. The number of carbonyl (C=O) groups is 3. The molecule has 0 saturated carbocycles. The number of likely N-dealkylation sites (tertiary alicyclic amines) is 1. The number of hydrogen-bond acceptors (Lipinski definition) is 5. The lowest BCUT2D eigenvalue weighted by Gasteiger charge is -2.39. The van der Waals surface area contributed by atoms with Crippen LogP contribution in [0.4, 0.5) is 4.79 Å². The van der Waals surface area contributed by atoms with Crippen molar-refractivity contribution in [3.05, 3.63) is 0 Å². The zero-order valence-electron chi connectivity index (χ0n) is 13.9. The maximum atomic E-state index is 12.1. The number of thioether (sulfide) groups is 1. The fraction of sp³-hybridized carbons (Fsp3) is 0.812. The van der Waals surface area contributed by atoms with Gasteiger partial charge in [-0.25, -0.2) is 4.79 Å². The van der Waals surface area contributed by atoms with Crippen LogP contribution in [0.1, 0.15) is 38.5 Å². The number of rotatable bonds is 5. The number of imide groups is 1. The Bertz CT molecular complexity index is 488. The van der Waals surface area contributed by atoms with Gasteiger partial charge in [0.05, 0.1) is 0 Å². The molecule has 24 heavy (non-hydrogen) atoms. The second-order valence-electron chi connectivity index (χ2n) is 6.78. The maximum absolute atomic E-state index is 12.1. The van der Waals surface area contributed by atoms with Gasteiger partial charge in [0.15, 0.2) is 0 Å². The summed E-state index contributed by atoms with van der Waals surface area (Å²) in [6.07, 6.45) is 5.18. The van der Waals surface area contributed by atoms with Crippen LogP contribution in [0.25, 0.3) is 0 Å². The Balaban J connectivity index is 1.34. The second-order valence-corrected chi connectivity index (χ2v) is 8.00. The number of urea groups is 1. The van der Waals surface area contributed by atoms with Crippen LogP contribution in [0.3, 0.4) is 0 Å². The van der Waals surface area contributed by atoms with Crippen LogP contribution in [0.2, 0.25) is 0 Å². The van der Waals surface area contributed by atoms with Gasteiger partial charge in [0.25, 0.3) is 5.91 Å². The summed E-state index contributed by atoms with van der Waals surface area (Å²) in [5.41, 5.74) is 0. The van der Waals surface area contributed by atoms with Gasteiger partial charge in [-0.15, -0.1) is 0 Å². The van der Waals surface area contributed by atoms with Crippen LogP contribution < -0.4 is 16.0 Å². The second kappa shape index (κ2) is 8.20. The molecule has 7 nitrogen and oxygen atoms in total. The highest BCUT2D eigenvalue weighted by Crippen LogP contribution is 2.24. The van der Waals surface area contributed by atoms with Gasteiger partial charge in [-0.05, 0) is 43.6 Å². The first-order valence-electron chi connectivity index (χ1n) is 8.84. The molecule has 0 spiro atoms. The molecular formula is C16H26N4O3S. The van der Waals surface area contributed by atoms with Crippen LogP contribution in [0, 0.1) is 0 Å². The highest BCUT2D eigenvalue weighted by molar-refractivity contribution is 7.99. The van der Waals surface area contributed by atoms with E-state index in [-0.39, 0.29) is 24.3 Å². The lowest BCUT2D eigenvalue weighted by atomic mass is 10.0. The molecule has 0 unspecified atom stereocenters. The molecule has 0 bridgehead atoms. The average molecular weight is 354 g/mol. The molecule has 3 aliphatic heterocycles. The third-order valence-corrected chi connectivity index (χ3v) is 6.17. The number of nitrogens with zero attached hydrogens (tertiary/aromatic N) is 1. The van der Waals surface area contributed by atoms with Crippen molar-refractivity contribution in [2.45, 2.75) is 56.7 Å². The third kappa shape index (κ3) is 4.63. The van der Waals surface area contributed by atoms with E-state index in [0.29, 0.717) is 6.42 Å². The molecule has 3 fully saturated rings. The summed E-state index contributed by atoms with van der Waals surface area (Å²) < 4.78 is 0. The first kappa shape index (κ1) is 17.5. The Morgan fingerprint density at radius 2 is 1.88 bits per heavy atom. The van der Waals surface area contributed by atoms with E-state index in [1.807, 2.05) is 11.8 Å². The van der Waals surface area contributed by atoms with Gasteiger partial charge < -0.3 is 15.5 Å². The van der Waals surface area contributed by atoms with E-state index in [2.05, 4.69) is 20.9 Å². The van der Waals surface area contributed by atoms with Crippen molar-refractivity contribution in [1.29, 1.82) is 0 Å². The van der Waals surface area contributed by atoms with Crippen LogP contribution in [0.5, 0.6) is 0 Å². The minimum atomic E-state index is -0.575. The molecule has 1 atom stereocenters. The maximum Gasteiger partial charge on any atom is 0.322 e. The standard InChI is InChI=1S/C16H26N4O3S/c21-14(2-1-13-15(22)19-16(23)18-13)17-11-3-7-20(8-4-11)12-5-9-24-10-6-12/h11-13H,1-10H2,(H,17,21)(H2,18,19,22,23)/t13-/m0/s1. The summed E-state index contributed by atoms with van der Waals surface area (Å²) in [7, 11) is 0. The zero-order chi connectivity index (χ0) is 16.9. The summed E-state index contributed by atoms with van der Waals surface area (Å²) in [6, 6.07) is -0.0840. The van der Waals surface area contributed by atoms with Crippen molar-refractivity contribution >= 4 is 29.6 Å². The van der Waals surface area contributed by atoms with Crippen LogP contribution >= 0.6 is 11.8 Å². The normalized spacial score (nSPS) is 26.9. The van der Waals surface area contributed by atoms with Gasteiger partial charge in [-0.1, -0.05) is 0 Å². The smallest absolute Gasteiger partial charge is 0.322 e. The molecule has 3 rings (SSSR count). The van der Waals surface area contributed by atoms with E-state index in [0.717, 1.165) is 32.0 Å². The van der Waals surface area contributed by atoms with Crippen LogP contribution in [0.15, 0.2) is 0 Å². The minimum Gasteiger partial charge on any atom is -0.353 e. The van der Waals surface area contributed by atoms with Gasteiger partial charge in [0, 0.05) is 31.6 Å². The summed E-state index contributed by atoms with van der Waals surface area (Å²) >= 11 is 2.05. The highest BCUT2D eigenvalue weighted by Gasteiger charge is 2.30. The van der Waals surface area contributed by atoms with E-state index in [1.54, 1.807) is 0 Å². The predicted octanol–water partition coefficient (Wildman–Crippen LogP) is 0.451. The van der Waals surface area contributed by atoms with Gasteiger partial charge in [0.2, 0.25) is 5.91 Å². The Morgan fingerprint density at radius 3 is 2.50 bits per heavy atom. The monoisotopic (exact) mass is 354 g/mol. The van der Waals surface area contributed by atoms with E-state index in [1.165, 1.54) is 24.3 Å². The minimum absolute atomic E-state index is 0.0311. The topological polar surface area (TPSA) is 90.5 Å². The molecule has 0 aromatic heterocycles. The Morgan fingerprint density at radius 1 is 1.17 bits per heavy atom. The lowest BCUT2D eigenvalue weighted by molar-refractivity contribution is -0.123. The highest BCUT2D eigenvalue weighted by atomic mass is 32.2. The summed E-state index contributed by atoms with van der Waals surface area (Å²) in [5, 5.41) is 7.78. The number of amides is 4. The first-order valence-corrected chi connectivity index (χ1v) is 10.00. The molecule has 134 valence electrons. The molecule has 3 heterocycles. The fourth-order valence-electron chi connectivity index (χ4n) is 3.70. The summed E-state index contributed by atoms with van der Waals surface area (Å²) in [5.74, 6) is 2.17. The third-order valence-electron chi connectivity index (χ3n) is 5.12. The number of piperidine rings is 1. The van der Waals surface area contributed by atoms with Crippen molar-refractivity contribution in [3.63, 3.8) is 0 Å². The van der Waals surface area contributed by atoms with E-state index >= 15 is 0 Å². The Kier molecular flexibility index (Phi) is 5.99. The van der Waals surface area contributed by atoms with Gasteiger partial charge in [0.1, 0.15) is 6.04 Å². The molecule has 3 aliphatic rings. The predicted molar refractivity (Wildman–Crippen MR) is 92.8 cm³/mol. The molecule has 3 N–H and O–H groups in total. The van der Waals surface area contributed by atoms with Crippen molar-refractivity contribution < 1.29 is 14.4 Å². The Labute approximate surface area is 146 Å². The quantitative estimate of drug-likeness (QED) is 0.624. The molecule has 3 saturated heterocycles. The Hall–Kier alpha value is -1.28. The number of nitrogens with one attached hydrogen (secondary N) is 3. The van der Waals surface area contributed by atoms with Crippen molar-refractivity contribution in [2.24, 2.45) is 0 Å². The molecule has 0 aliphatic carbocycles. The molecule has 0 radical (unpaired) electrons. The van der Waals surface area contributed by atoms with Gasteiger partial charge in [-0.3, -0.25) is 14.9 Å². The molecule has 0 aromatic rings. The number of carbonyl (C=O) groups excluding carboxylic acids is 3. The van der Waals surface area contributed by atoms with E-state index in [9.17, 15) is 14.4 Å². The summed E-state index contributed by atoms with van der Waals surface area (Å²) in [4.78, 5) is 37.1. The number of hydrogen-bond donors (Lipinski definition) is 3.